The van der Waals surface area contributed by atoms with E-state index >= 15 is 0 Å². The smallest absolute Gasteiger partial charge is 0.239 e. The molecule has 0 radical (unpaired) electrons. The van der Waals surface area contributed by atoms with Gasteiger partial charge in [-0.3, -0.25) is 9.69 Å². The Labute approximate surface area is 138 Å². The summed E-state index contributed by atoms with van der Waals surface area (Å²) in [6.07, 6.45) is 0. The molecule has 0 aromatic heterocycles. The van der Waals surface area contributed by atoms with E-state index in [0.29, 0.717) is 6.54 Å². The topological polar surface area (TPSA) is 76.8 Å². The van der Waals surface area contributed by atoms with Crippen molar-refractivity contribution in [2.45, 2.75) is 25.9 Å². The van der Waals surface area contributed by atoms with Crippen LogP contribution in [-0.4, -0.2) is 57.3 Å². The zero-order valence-electron chi connectivity index (χ0n) is 14.5. The van der Waals surface area contributed by atoms with Gasteiger partial charge in [-0.05, 0) is 30.8 Å². The average Bonchev–Trinajstić information content (AvgIpc) is 2.58. The third-order valence-electron chi connectivity index (χ3n) is 3.88. The molecule has 23 heavy (non-hydrogen) atoms. The molecule has 0 aliphatic carbocycles. The van der Waals surface area contributed by atoms with Crippen LogP contribution in [0.2, 0.25) is 0 Å². The SMILES string of the molecule is CCN(CC)C(CNC(=O)C(N)COC)c1cccc(OC)c1. The van der Waals surface area contributed by atoms with Gasteiger partial charge in [-0.2, -0.15) is 0 Å². The van der Waals surface area contributed by atoms with Crippen molar-refractivity contribution < 1.29 is 14.3 Å². The number of nitrogens with one attached hydrogen (secondary N) is 1. The minimum atomic E-state index is -0.650. The number of likely N-dealkylation sites (N-methyl/N-ethyl adjacent to an activating group) is 1. The average molecular weight is 323 g/mol. The summed E-state index contributed by atoms with van der Waals surface area (Å²) in [5.74, 6) is 0.606. The molecule has 6 nitrogen and oxygen atoms in total. The van der Waals surface area contributed by atoms with E-state index in [1.54, 1.807) is 7.11 Å². The molecule has 0 spiro atoms. The second-order valence-electron chi connectivity index (χ2n) is 5.32. The second-order valence-corrected chi connectivity index (χ2v) is 5.32. The number of hydrogen-bond donors (Lipinski definition) is 2. The van der Waals surface area contributed by atoms with Gasteiger partial charge in [0.05, 0.1) is 19.8 Å². The minimum Gasteiger partial charge on any atom is -0.497 e. The number of carbonyl (C=O) groups excluding carboxylic acids is 1. The van der Waals surface area contributed by atoms with Crippen LogP contribution in [0.4, 0.5) is 0 Å². The third kappa shape index (κ3) is 5.82. The van der Waals surface area contributed by atoms with Crippen molar-refractivity contribution in [1.82, 2.24) is 10.2 Å². The molecule has 2 unspecified atom stereocenters. The van der Waals surface area contributed by atoms with Gasteiger partial charge in [0.15, 0.2) is 0 Å². The lowest BCUT2D eigenvalue weighted by Crippen LogP contribution is -2.46. The van der Waals surface area contributed by atoms with Crippen LogP contribution < -0.4 is 15.8 Å². The monoisotopic (exact) mass is 323 g/mol. The largest absolute Gasteiger partial charge is 0.497 e. The van der Waals surface area contributed by atoms with Gasteiger partial charge >= 0.3 is 0 Å². The summed E-state index contributed by atoms with van der Waals surface area (Å²) >= 11 is 0. The molecule has 3 N–H and O–H groups in total. The highest BCUT2D eigenvalue weighted by Gasteiger charge is 2.21. The Bertz CT molecular complexity index is 478. The lowest BCUT2D eigenvalue weighted by atomic mass is 10.0. The number of nitrogens with zero attached hydrogens (tertiary/aromatic N) is 1. The number of ether oxygens (including phenoxy) is 2. The van der Waals surface area contributed by atoms with Gasteiger partial charge in [-0.1, -0.05) is 26.0 Å². The maximum absolute atomic E-state index is 12.0. The van der Waals surface area contributed by atoms with Crippen LogP contribution in [0.15, 0.2) is 24.3 Å². The molecule has 0 bridgehead atoms. The number of hydrogen-bond acceptors (Lipinski definition) is 5. The fourth-order valence-electron chi connectivity index (χ4n) is 2.55. The van der Waals surface area contributed by atoms with E-state index in [1.807, 2.05) is 24.3 Å². The van der Waals surface area contributed by atoms with Crippen LogP contribution in [0.5, 0.6) is 5.75 Å². The van der Waals surface area contributed by atoms with Gasteiger partial charge < -0.3 is 20.5 Å². The highest BCUT2D eigenvalue weighted by molar-refractivity contribution is 5.81. The first-order chi connectivity index (χ1) is 11.1. The van der Waals surface area contributed by atoms with Crippen LogP contribution in [0.3, 0.4) is 0 Å². The van der Waals surface area contributed by atoms with Crippen LogP contribution in [-0.2, 0) is 9.53 Å². The lowest BCUT2D eigenvalue weighted by molar-refractivity contribution is -0.123. The quantitative estimate of drug-likeness (QED) is 0.676. The number of rotatable bonds is 10. The molecule has 6 heteroatoms. The van der Waals surface area contributed by atoms with Gasteiger partial charge in [0.2, 0.25) is 5.91 Å². The molecular weight excluding hydrogens is 294 g/mol. The fourth-order valence-corrected chi connectivity index (χ4v) is 2.55. The van der Waals surface area contributed by atoms with E-state index in [-0.39, 0.29) is 18.6 Å². The Morgan fingerprint density at radius 3 is 2.57 bits per heavy atom. The maximum Gasteiger partial charge on any atom is 0.239 e. The van der Waals surface area contributed by atoms with Gasteiger partial charge in [0, 0.05) is 13.7 Å². The van der Waals surface area contributed by atoms with Crippen LogP contribution in [0.1, 0.15) is 25.5 Å². The van der Waals surface area contributed by atoms with E-state index in [1.165, 1.54) is 7.11 Å². The van der Waals surface area contributed by atoms with Gasteiger partial charge in [0.1, 0.15) is 11.8 Å². The van der Waals surface area contributed by atoms with Crippen molar-refractivity contribution in [2.24, 2.45) is 5.73 Å². The van der Waals surface area contributed by atoms with E-state index in [0.717, 1.165) is 24.4 Å². The second kappa shape index (κ2) is 10.2. The third-order valence-corrected chi connectivity index (χ3v) is 3.88. The molecule has 130 valence electrons. The van der Waals surface area contributed by atoms with Crippen LogP contribution in [0, 0.1) is 0 Å². The molecule has 1 aromatic carbocycles. The predicted octanol–water partition coefficient (Wildman–Crippen LogP) is 1.17. The molecule has 0 fully saturated rings. The summed E-state index contributed by atoms with van der Waals surface area (Å²) in [6.45, 7) is 6.69. The summed E-state index contributed by atoms with van der Waals surface area (Å²) in [5, 5.41) is 2.93. The molecule has 1 rings (SSSR count). The van der Waals surface area contributed by atoms with Crippen LogP contribution in [0.25, 0.3) is 0 Å². The highest BCUT2D eigenvalue weighted by Crippen LogP contribution is 2.23. The first-order valence-corrected chi connectivity index (χ1v) is 7.97. The Morgan fingerprint density at radius 1 is 1.30 bits per heavy atom. The zero-order valence-corrected chi connectivity index (χ0v) is 14.5. The number of amides is 1. The molecular formula is C17H29N3O3. The molecule has 0 heterocycles. The predicted molar refractivity (Wildman–Crippen MR) is 91.5 cm³/mol. The summed E-state index contributed by atoms with van der Waals surface area (Å²) in [4.78, 5) is 14.3. The highest BCUT2D eigenvalue weighted by atomic mass is 16.5. The fraction of sp³-hybridized carbons (Fsp3) is 0.588. The Hall–Kier alpha value is -1.63. The Balaban J connectivity index is 2.86. The number of benzene rings is 1. The number of nitrogens with two attached hydrogens (primary N) is 1. The standard InChI is InChI=1S/C17H29N3O3/c1-5-20(6-2)16(11-19-17(21)15(18)12-22-3)13-8-7-9-14(10-13)23-4/h7-10,15-16H,5-6,11-12,18H2,1-4H3,(H,19,21). The first-order valence-electron chi connectivity index (χ1n) is 7.97. The first kappa shape index (κ1) is 19.4. The Morgan fingerprint density at radius 2 is 2.00 bits per heavy atom. The van der Waals surface area contributed by atoms with Gasteiger partial charge in [0.25, 0.3) is 0 Å². The molecule has 0 saturated carbocycles. The summed E-state index contributed by atoms with van der Waals surface area (Å²) in [5.41, 5.74) is 6.87. The van der Waals surface area contributed by atoms with E-state index in [9.17, 15) is 4.79 Å². The van der Waals surface area contributed by atoms with Gasteiger partial charge in [-0.25, -0.2) is 0 Å². The van der Waals surface area contributed by atoms with Crippen molar-refractivity contribution in [1.29, 1.82) is 0 Å². The van der Waals surface area contributed by atoms with Crippen molar-refractivity contribution in [3.05, 3.63) is 29.8 Å². The number of methoxy groups -OCH3 is 2. The summed E-state index contributed by atoms with van der Waals surface area (Å²) in [6, 6.07) is 7.34. The molecule has 0 saturated heterocycles. The van der Waals surface area contributed by atoms with Crippen molar-refractivity contribution in [2.75, 3.05) is 40.5 Å². The lowest BCUT2D eigenvalue weighted by Gasteiger charge is -2.30. The van der Waals surface area contributed by atoms with Crippen molar-refractivity contribution >= 4 is 5.91 Å². The molecule has 1 amide bonds. The van der Waals surface area contributed by atoms with Crippen molar-refractivity contribution in [3.8, 4) is 5.75 Å². The molecule has 0 aliphatic rings. The Kier molecular flexibility index (Phi) is 8.61. The van der Waals surface area contributed by atoms with E-state index < -0.39 is 6.04 Å². The van der Waals surface area contributed by atoms with Gasteiger partial charge in [-0.15, -0.1) is 0 Å². The molecule has 0 aliphatic heterocycles. The van der Waals surface area contributed by atoms with E-state index in [4.69, 9.17) is 15.2 Å². The number of carbonyl (C=O) groups is 1. The maximum atomic E-state index is 12.0. The summed E-state index contributed by atoms with van der Waals surface area (Å²) in [7, 11) is 3.18. The zero-order chi connectivity index (χ0) is 17.2. The van der Waals surface area contributed by atoms with Crippen molar-refractivity contribution in [3.63, 3.8) is 0 Å². The minimum absolute atomic E-state index is 0.0683. The molecule has 2 atom stereocenters. The summed E-state index contributed by atoms with van der Waals surface area (Å²) < 4.78 is 10.2. The van der Waals surface area contributed by atoms with Crippen LogP contribution >= 0.6 is 0 Å². The van der Waals surface area contributed by atoms with E-state index in [2.05, 4.69) is 24.1 Å². The normalized spacial score (nSPS) is 13.7. The molecule has 1 aromatic rings.